The molecule has 0 atom stereocenters. The fourth-order valence-electron chi connectivity index (χ4n) is 2.60. The van der Waals surface area contributed by atoms with Crippen LogP contribution in [0, 0.1) is 0 Å². The molecule has 0 radical (unpaired) electrons. The second kappa shape index (κ2) is 4.91. The van der Waals surface area contributed by atoms with Crippen molar-refractivity contribution in [2.24, 2.45) is 0 Å². The van der Waals surface area contributed by atoms with E-state index < -0.39 is 0 Å². The van der Waals surface area contributed by atoms with Gasteiger partial charge >= 0.3 is 0 Å². The zero-order valence-corrected chi connectivity index (χ0v) is 11.5. The molecule has 4 aromatic rings. The van der Waals surface area contributed by atoms with Gasteiger partial charge in [-0.25, -0.2) is 4.68 Å². The molecule has 0 aliphatic heterocycles. The highest BCUT2D eigenvalue weighted by Gasteiger charge is 2.04. The van der Waals surface area contributed by atoms with Crippen molar-refractivity contribution in [1.82, 2.24) is 9.78 Å². The summed E-state index contributed by atoms with van der Waals surface area (Å²) in [4.78, 5) is 0. The molecule has 3 aromatic carbocycles. The summed E-state index contributed by atoms with van der Waals surface area (Å²) in [5, 5.41) is 5.64. The third kappa shape index (κ3) is 2.11. The Bertz CT molecular complexity index is 874. The first-order chi connectivity index (χ1) is 10.4. The average Bonchev–Trinajstić information content (AvgIpc) is 3.00. The van der Waals surface area contributed by atoms with Gasteiger partial charge in [-0.1, -0.05) is 60.7 Å². The fraction of sp³-hybridized carbons (Fsp3) is 0. The van der Waals surface area contributed by atoms with Crippen molar-refractivity contribution in [3.8, 4) is 16.8 Å². The summed E-state index contributed by atoms with van der Waals surface area (Å²) < 4.78 is 1.98. The smallest absolute Gasteiger partial charge is 0.0741 e. The third-order valence-corrected chi connectivity index (χ3v) is 3.70. The molecule has 4 rings (SSSR count). The van der Waals surface area contributed by atoms with Crippen LogP contribution in [-0.4, -0.2) is 9.78 Å². The quantitative estimate of drug-likeness (QED) is 0.516. The van der Waals surface area contributed by atoms with Crippen LogP contribution in [0.3, 0.4) is 0 Å². The Hall–Kier alpha value is -2.87. The summed E-state index contributed by atoms with van der Waals surface area (Å²) >= 11 is 0. The predicted octanol–water partition coefficient (Wildman–Crippen LogP) is 4.69. The first kappa shape index (κ1) is 11.9. The lowest BCUT2D eigenvalue weighted by Gasteiger charge is -2.06. The van der Waals surface area contributed by atoms with Crippen LogP contribution in [-0.2, 0) is 0 Å². The monoisotopic (exact) mass is 270 g/mol. The van der Waals surface area contributed by atoms with Crippen molar-refractivity contribution in [1.29, 1.82) is 0 Å². The number of para-hydroxylation sites is 1. The molecule has 21 heavy (non-hydrogen) atoms. The van der Waals surface area contributed by atoms with Gasteiger partial charge in [-0.05, 0) is 29.3 Å². The highest BCUT2D eigenvalue weighted by Crippen LogP contribution is 2.22. The number of hydrogen-bond acceptors (Lipinski definition) is 1. The highest BCUT2D eigenvalue weighted by atomic mass is 15.3. The number of benzene rings is 3. The zero-order chi connectivity index (χ0) is 14.1. The molecule has 0 saturated heterocycles. The third-order valence-electron chi connectivity index (χ3n) is 3.70. The Morgan fingerprint density at radius 3 is 2.10 bits per heavy atom. The van der Waals surface area contributed by atoms with E-state index in [9.17, 15) is 0 Å². The van der Waals surface area contributed by atoms with E-state index in [0.29, 0.717) is 0 Å². The molecule has 0 saturated carbocycles. The van der Waals surface area contributed by atoms with Gasteiger partial charge in [0.1, 0.15) is 0 Å². The molecule has 0 spiro atoms. The van der Waals surface area contributed by atoms with Gasteiger partial charge in [-0.2, -0.15) is 5.10 Å². The van der Waals surface area contributed by atoms with Gasteiger partial charge in [0.15, 0.2) is 0 Å². The van der Waals surface area contributed by atoms with Crippen LogP contribution >= 0.6 is 0 Å². The lowest BCUT2D eigenvalue weighted by Crippen LogP contribution is -1.95. The van der Waals surface area contributed by atoms with Crippen LogP contribution in [0.2, 0.25) is 0 Å². The number of aromatic nitrogens is 2. The van der Waals surface area contributed by atoms with Crippen LogP contribution in [0.1, 0.15) is 0 Å². The van der Waals surface area contributed by atoms with E-state index in [1.165, 1.54) is 11.1 Å². The average molecular weight is 270 g/mol. The first-order valence-corrected chi connectivity index (χ1v) is 7.00. The zero-order valence-electron chi connectivity index (χ0n) is 11.5. The van der Waals surface area contributed by atoms with Gasteiger partial charge in [-0.3, -0.25) is 0 Å². The Morgan fingerprint density at radius 1 is 0.619 bits per heavy atom. The Kier molecular flexibility index (Phi) is 2.79. The standard InChI is InChI=1S/C19H14N2/c1-2-6-15(7-3-1)16-10-12-18(13-11-16)21-19-9-5-4-8-17(19)14-20-21/h1-14H. The molecule has 0 bridgehead atoms. The van der Waals surface area contributed by atoms with E-state index >= 15 is 0 Å². The predicted molar refractivity (Wildman–Crippen MR) is 86.5 cm³/mol. The summed E-state index contributed by atoms with van der Waals surface area (Å²) in [6.07, 6.45) is 1.90. The fourth-order valence-corrected chi connectivity index (χ4v) is 2.60. The van der Waals surface area contributed by atoms with Gasteiger partial charge in [0.2, 0.25) is 0 Å². The second-order valence-corrected chi connectivity index (χ2v) is 5.03. The van der Waals surface area contributed by atoms with Crippen molar-refractivity contribution in [3.63, 3.8) is 0 Å². The van der Waals surface area contributed by atoms with Crippen LogP contribution in [0.4, 0.5) is 0 Å². The van der Waals surface area contributed by atoms with Gasteiger partial charge in [-0.15, -0.1) is 0 Å². The highest BCUT2D eigenvalue weighted by molar-refractivity contribution is 5.80. The molecule has 0 unspecified atom stereocenters. The van der Waals surface area contributed by atoms with Gasteiger partial charge in [0, 0.05) is 5.39 Å². The summed E-state index contributed by atoms with van der Waals surface area (Å²) in [6, 6.07) is 27.2. The minimum Gasteiger partial charge on any atom is -0.233 e. The molecule has 2 nitrogen and oxygen atoms in total. The molecule has 2 heteroatoms. The van der Waals surface area contributed by atoms with Crippen LogP contribution < -0.4 is 0 Å². The molecule has 0 amide bonds. The Balaban J connectivity index is 1.77. The van der Waals surface area contributed by atoms with Crippen molar-refractivity contribution >= 4 is 10.9 Å². The maximum atomic E-state index is 4.48. The number of fused-ring (bicyclic) bond motifs is 1. The lowest BCUT2D eigenvalue weighted by atomic mass is 10.1. The molecule has 1 heterocycles. The summed E-state index contributed by atoms with van der Waals surface area (Å²) in [5.41, 5.74) is 4.66. The Labute approximate surface area is 123 Å². The largest absolute Gasteiger partial charge is 0.233 e. The van der Waals surface area contributed by atoms with Gasteiger partial charge < -0.3 is 0 Å². The second-order valence-electron chi connectivity index (χ2n) is 5.03. The van der Waals surface area contributed by atoms with Gasteiger partial charge in [0.05, 0.1) is 17.4 Å². The van der Waals surface area contributed by atoms with E-state index in [2.05, 4.69) is 65.8 Å². The van der Waals surface area contributed by atoms with Crippen molar-refractivity contribution in [3.05, 3.63) is 85.1 Å². The van der Waals surface area contributed by atoms with Crippen molar-refractivity contribution in [2.75, 3.05) is 0 Å². The molecule has 0 fully saturated rings. The molecule has 0 aliphatic rings. The van der Waals surface area contributed by atoms with Crippen LogP contribution in [0.5, 0.6) is 0 Å². The van der Waals surface area contributed by atoms with E-state index in [1.54, 1.807) is 0 Å². The van der Waals surface area contributed by atoms with Crippen molar-refractivity contribution < 1.29 is 0 Å². The summed E-state index contributed by atoms with van der Waals surface area (Å²) in [6.45, 7) is 0. The lowest BCUT2D eigenvalue weighted by molar-refractivity contribution is 0.911. The summed E-state index contributed by atoms with van der Waals surface area (Å²) in [5.74, 6) is 0. The molecule has 1 aromatic heterocycles. The Morgan fingerprint density at radius 2 is 1.29 bits per heavy atom. The number of hydrogen-bond donors (Lipinski definition) is 0. The van der Waals surface area contributed by atoms with Crippen LogP contribution in [0.25, 0.3) is 27.7 Å². The minimum absolute atomic E-state index is 1.08. The minimum atomic E-state index is 1.08. The SMILES string of the molecule is c1ccc(-c2ccc(-n3ncc4ccccc43)cc2)cc1. The van der Waals surface area contributed by atoms with E-state index in [-0.39, 0.29) is 0 Å². The molecule has 0 N–H and O–H groups in total. The molecular weight excluding hydrogens is 256 g/mol. The van der Waals surface area contributed by atoms with Gasteiger partial charge in [0.25, 0.3) is 0 Å². The summed E-state index contributed by atoms with van der Waals surface area (Å²) in [7, 11) is 0. The topological polar surface area (TPSA) is 17.8 Å². The first-order valence-electron chi connectivity index (χ1n) is 7.00. The van der Waals surface area contributed by atoms with E-state index in [0.717, 1.165) is 16.6 Å². The van der Waals surface area contributed by atoms with Crippen molar-refractivity contribution in [2.45, 2.75) is 0 Å². The molecule has 100 valence electrons. The molecular formula is C19H14N2. The molecule has 0 aliphatic carbocycles. The number of rotatable bonds is 2. The van der Waals surface area contributed by atoms with E-state index in [4.69, 9.17) is 0 Å². The maximum Gasteiger partial charge on any atom is 0.0741 e. The maximum absolute atomic E-state index is 4.48. The normalized spacial score (nSPS) is 10.9. The van der Waals surface area contributed by atoms with Crippen LogP contribution in [0.15, 0.2) is 85.1 Å². The number of nitrogens with zero attached hydrogens (tertiary/aromatic N) is 2. The van der Waals surface area contributed by atoms with E-state index in [1.807, 2.05) is 29.1 Å².